The monoisotopic (exact) mass is 259 g/mol. The van der Waals surface area contributed by atoms with Crippen LogP contribution in [0.15, 0.2) is 24.3 Å². The number of aliphatic hydroxyl groups excluding tert-OH is 1. The fourth-order valence-electron chi connectivity index (χ4n) is 1.58. The van der Waals surface area contributed by atoms with Crippen molar-refractivity contribution in [3.05, 3.63) is 30.0 Å². The van der Waals surface area contributed by atoms with Crippen LogP contribution < -0.4 is 10.1 Å². The maximum Gasteiger partial charge on any atom is 0.207 e. The van der Waals surface area contributed by atoms with Gasteiger partial charge in [-0.3, -0.25) is 0 Å². The molecule has 0 aliphatic carbocycles. The minimum absolute atomic E-state index is 0.0492. The molecule has 2 N–H and O–H groups in total. The molecule has 19 heavy (non-hydrogen) atoms. The number of benzene rings is 1. The SMILES string of the molecule is COc1ccccc1-n1nc(C#N)c(NCCO)n1. The average Bonchev–Trinajstić information content (AvgIpc) is 2.88. The lowest BCUT2D eigenvalue weighted by molar-refractivity contribution is 0.311. The van der Waals surface area contributed by atoms with E-state index in [0.29, 0.717) is 23.8 Å². The van der Waals surface area contributed by atoms with Crippen molar-refractivity contribution in [2.24, 2.45) is 0 Å². The summed E-state index contributed by atoms with van der Waals surface area (Å²) < 4.78 is 5.22. The molecule has 2 aromatic rings. The number of nitrogens with zero attached hydrogens (tertiary/aromatic N) is 4. The summed E-state index contributed by atoms with van der Waals surface area (Å²) in [6.45, 7) is 0.256. The molecule has 0 saturated carbocycles. The lowest BCUT2D eigenvalue weighted by atomic mass is 10.3. The van der Waals surface area contributed by atoms with Crippen molar-refractivity contribution in [3.63, 3.8) is 0 Å². The van der Waals surface area contributed by atoms with E-state index in [-0.39, 0.29) is 12.3 Å². The minimum Gasteiger partial charge on any atom is -0.494 e. The first-order valence-electron chi connectivity index (χ1n) is 5.65. The topological polar surface area (TPSA) is 96.0 Å². The molecule has 0 aliphatic rings. The molecule has 0 unspecified atom stereocenters. The lowest BCUT2D eigenvalue weighted by Gasteiger charge is -2.05. The Morgan fingerprint density at radius 3 is 2.89 bits per heavy atom. The van der Waals surface area contributed by atoms with Crippen LogP contribution in [0.25, 0.3) is 5.69 Å². The van der Waals surface area contributed by atoms with Crippen LogP contribution in [-0.2, 0) is 0 Å². The molecule has 0 amide bonds. The zero-order valence-electron chi connectivity index (χ0n) is 10.4. The number of hydrogen-bond acceptors (Lipinski definition) is 6. The summed E-state index contributed by atoms with van der Waals surface area (Å²) in [5.74, 6) is 0.943. The number of ether oxygens (including phenoxy) is 1. The molecule has 0 radical (unpaired) electrons. The third kappa shape index (κ3) is 2.64. The van der Waals surface area contributed by atoms with Gasteiger partial charge in [0, 0.05) is 6.54 Å². The van der Waals surface area contributed by atoms with Crippen molar-refractivity contribution >= 4 is 5.82 Å². The van der Waals surface area contributed by atoms with Crippen LogP contribution in [0.5, 0.6) is 5.75 Å². The molecule has 1 aromatic carbocycles. The van der Waals surface area contributed by atoms with Crippen LogP contribution in [-0.4, -0.2) is 40.4 Å². The smallest absolute Gasteiger partial charge is 0.207 e. The fourth-order valence-corrected chi connectivity index (χ4v) is 1.58. The molecule has 0 aliphatic heterocycles. The molecule has 98 valence electrons. The molecule has 1 heterocycles. The fraction of sp³-hybridized carbons (Fsp3) is 0.250. The van der Waals surface area contributed by atoms with E-state index < -0.39 is 0 Å². The van der Waals surface area contributed by atoms with E-state index in [2.05, 4.69) is 15.5 Å². The van der Waals surface area contributed by atoms with Gasteiger partial charge in [-0.15, -0.1) is 15.0 Å². The normalized spacial score (nSPS) is 9.95. The Hall–Kier alpha value is -2.59. The Bertz CT molecular complexity index is 602. The van der Waals surface area contributed by atoms with Crippen LogP contribution in [0.4, 0.5) is 5.82 Å². The Balaban J connectivity index is 2.40. The highest BCUT2D eigenvalue weighted by molar-refractivity contribution is 5.50. The summed E-state index contributed by atoms with van der Waals surface area (Å²) in [5, 5.41) is 28.9. The third-order valence-electron chi connectivity index (χ3n) is 2.42. The molecular weight excluding hydrogens is 246 g/mol. The van der Waals surface area contributed by atoms with Gasteiger partial charge < -0.3 is 15.2 Å². The Morgan fingerprint density at radius 1 is 1.42 bits per heavy atom. The molecule has 0 saturated heterocycles. The number of nitriles is 1. The summed E-state index contributed by atoms with van der Waals surface area (Å²) >= 11 is 0. The van der Waals surface area contributed by atoms with Gasteiger partial charge in [0.2, 0.25) is 5.69 Å². The number of anilines is 1. The van der Waals surface area contributed by atoms with Crippen LogP contribution in [0.1, 0.15) is 5.69 Å². The second-order valence-corrected chi connectivity index (χ2v) is 3.62. The first-order chi connectivity index (χ1) is 9.30. The molecule has 2 rings (SSSR count). The second-order valence-electron chi connectivity index (χ2n) is 3.62. The zero-order valence-corrected chi connectivity index (χ0v) is 10.4. The number of hydrogen-bond donors (Lipinski definition) is 2. The van der Waals surface area contributed by atoms with Crippen molar-refractivity contribution in [2.45, 2.75) is 0 Å². The van der Waals surface area contributed by atoms with Gasteiger partial charge in [0.1, 0.15) is 17.5 Å². The maximum absolute atomic E-state index is 9.00. The first-order valence-corrected chi connectivity index (χ1v) is 5.65. The van der Waals surface area contributed by atoms with Crippen molar-refractivity contribution < 1.29 is 9.84 Å². The summed E-state index contributed by atoms with van der Waals surface area (Å²) in [4.78, 5) is 1.33. The van der Waals surface area contributed by atoms with Gasteiger partial charge >= 0.3 is 0 Å². The molecule has 7 heteroatoms. The summed E-state index contributed by atoms with van der Waals surface area (Å²) in [7, 11) is 1.55. The standard InChI is InChI=1S/C12H13N5O2/c1-19-11-5-3-2-4-10(11)17-15-9(8-13)12(16-17)14-6-7-18/h2-5,18H,6-7H2,1H3,(H,14,16). The predicted molar refractivity (Wildman–Crippen MR) is 68.2 cm³/mol. The first kappa shape index (κ1) is 12.9. The van der Waals surface area contributed by atoms with Gasteiger partial charge in [-0.25, -0.2) is 0 Å². The van der Waals surface area contributed by atoms with Gasteiger partial charge in [0.25, 0.3) is 0 Å². The molecule has 0 bridgehead atoms. The quantitative estimate of drug-likeness (QED) is 0.814. The van der Waals surface area contributed by atoms with E-state index in [9.17, 15) is 0 Å². The Morgan fingerprint density at radius 2 is 2.21 bits per heavy atom. The van der Waals surface area contributed by atoms with E-state index in [0.717, 1.165) is 0 Å². The van der Waals surface area contributed by atoms with Gasteiger partial charge in [-0.1, -0.05) is 12.1 Å². The number of aliphatic hydroxyl groups is 1. The van der Waals surface area contributed by atoms with E-state index in [1.807, 2.05) is 18.2 Å². The van der Waals surface area contributed by atoms with Crippen LogP contribution in [0.2, 0.25) is 0 Å². The number of nitrogens with one attached hydrogen (secondary N) is 1. The van der Waals surface area contributed by atoms with Gasteiger partial charge in [0.05, 0.1) is 13.7 Å². The molecule has 0 spiro atoms. The van der Waals surface area contributed by atoms with Crippen molar-refractivity contribution in [3.8, 4) is 17.5 Å². The molecule has 0 atom stereocenters. The Labute approximate surface area is 110 Å². The number of aromatic nitrogens is 3. The molecule has 1 aromatic heterocycles. The summed E-state index contributed by atoms with van der Waals surface area (Å²) in [5.41, 5.74) is 0.804. The van der Waals surface area contributed by atoms with Gasteiger partial charge in [-0.2, -0.15) is 5.26 Å². The number of para-hydroxylation sites is 2. The highest BCUT2D eigenvalue weighted by Crippen LogP contribution is 2.22. The Kier molecular flexibility index (Phi) is 3.95. The minimum atomic E-state index is -0.0492. The average molecular weight is 259 g/mol. The van der Waals surface area contributed by atoms with Crippen LogP contribution in [0.3, 0.4) is 0 Å². The second kappa shape index (κ2) is 5.84. The summed E-state index contributed by atoms with van der Waals surface area (Å²) in [6, 6.07) is 9.19. The van der Waals surface area contributed by atoms with Crippen molar-refractivity contribution in [1.82, 2.24) is 15.0 Å². The van der Waals surface area contributed by atoms with Crippen molar-refractivity contribution in [1.29, 1.82) is 5.26 Å². The maximum atomic E-state index is 9.00. The number of rotatable bonds is 5. The number of methoxy groups -OCH3 is 1. The van der Waals surface area contributed by atoms with Gasteiger partial charge in [0.15, 0.2) is 5.82 Å². The zero-order chi connectivity index (χ0) is 13.7. The predicted octanol–water partition coefficient (Wildman–Crippen LogP) is 0.552. The molecule has 7 nitrogen and oxygen atoms in total. The van der Waals surface area contributed by atoms with E-state index >= 15 is 0 Å². The highest BCUT2D eigenvalue weighted by atomic mass is 16.5. The molecular formula is C12H13N5O2. The third-order valence-corrected chi connectivity index (χ3v) is 2.42. The van der Waals surface area contributed by atoms with E-state index in [1.54, 1.807) is 19.2 Å². The van der Waals surface area contributed by atoms with E-state index in [1.165, 1.54) is 4.80 Å². The lowest BCUT2D eigenvalue weighted by Crippen LogP contribution is -2.07. The molecule has 0 fully saturated rings. The van der Waals surface area contributed by atoms with Gasteiger partial charge in [-0.05, 0) is 12.1 Å². The van der Waals surface area contributed by atoms with Crippen molar-refractivity contribution in [2.75, 3.05) is 25.6 Å². The van der Waals surface area contributed by atoms with E-state index in [4.69, 9.17) is 15.1 Å². The van der Waals surface area contributed by atoms with Crippen LogP contribution in [0, 0.1) is 11.3 Å². The largest absolute Gasteiger partial charge is 0.494 e. The summed E-state index contributed by atoms with van der Waals surface area (Å²) in [6.07, 6.45) is 0. The highest BCUT2D eigenvalue weighted by Gasteiger charge is 2.13. The van der Waals surface area contributed by atoms with Crippen LogP contribution >= 0.6 is 0 Å².